The molecular weight excluding hydrogens is 361 g/mol. The van der Waals surface area contributed by atoms with Crippen LogP contribution in [0.3, 0.4) is 0 Å². The van der Waals surface area contributed by atoms with Crippen molar-refractivity contribution in [3.8, 4) is 5.75 Å². The summed E-state index contributed by atoms with van der Waals surface area (Å²) in [5.74, 6) is 1.88. The first kappa shape index (κ1) is 17.8. The maximum Gasteiger partial charge on any atom is 0.191 e. The first-order chi connectivity index (χ1) is 12.0. The Morgan fingerprint density at radius 2 is 2.04 bits per heavy atom. The molecule has 1 aromatic heterocycles. The molecule has 0 saturated heterocycles. The van der Waals surface area contributed by atoms with Gasteiger partial charge in [0.1, 0.15) is 18.2 Å². The Labute approximate surface area is 155 Å². The zero-order valence-electron chi connectivity index (χ0n) is 13.9. The van der Waals surface area contributed by atoms with Crippen molar-refractivity contribution in [3.63, 3.8) is 0 Å². The lowest BCUT2D eigenvalue weighted by Gasteiger charge is -2.09. The van der Waals surface area contributed by atoms with Gasteiger partial charge in [-0.3, -0.25) is 0 Å². The fourth-order valence-corrected chi connectivity index (χ4v) is 3.39. The molecule has 0 fully saturated rings. The molecule has 25 heavy (non-hydrogen) atoms. The fourth-order valence-electron chi connectivity index (χ4n) is 2.29. The minimum atomic E-state index is -0.233. The second-order valence-corrected chi connectivity index (χ2v) is 6.95. The third kappa shape index (κ3) is 4.52. The van der Waals surface area contributed by atoms with Crippen molar-refractivity contribution in [1.29, 1.82) is 0 Å². The molecule has 130 valence electrons. The van der Waals surface area contributed by atoms with Crippen LogP contribution in [0.25, 0.3) is 0 Å². The lowest BCUT2D eigenvalue weighted by molar-refractivity contribution is 0.288. The van der Waals surface area contributed by atoms with Gasteiger partial charge in [0.05, 0.1) is 0 Å². The third-order valence-electron chi connectivity index (χ3n) is 3.68. The van der Waals surface area contributed by atoms with Crippen molar-refractivity contribution in [2.45, 2.75) is 24.4 Å². The molecule has 3 aromatic rings. The van der Waals surface area contributed by atoms with Crippen LogP contribution in [0, 0.1) is 12.7 Å². The highest BCUT2D eigenvalue weighted by molar-refractivity contribution is 7.98. The van der Waals surface area contributed by atoms with Crippen molar-refractivity contribution in [2.75, 3.05) is 0 Å². The van der Waals surface area contributed by atoms with Crippen molar-refractivity contribution in [1.82, 2.24) is 14.8 Å². The second kappa shape index (κ2) is 7.89. The van der Waals surface area contributed by atoms with Gasteiger partial charge >= 0.3 is 0 Å². The first-order valence-corrected chi connectivity index (χ1v) is 9.04. The molecule has 3 rings (SSSR count). The summed E-state index contributed by atoms with van der Waals surface area (Å²) >= 11 is 7.46. The van der Waals surface area contributed by atoms with E-state index in [0.717, 1.165) is 27.9 Å². The Bertz CT molecular complexity index is 885. The Kier molecular flexibility index (Phi) is 5.60. The minimum Gasteiger partial charge on any atom is -0.485 e. The summed E-state index contributed by atoms with van der Waals surface area (Å²) in [5, 5.41) is 9.80. The summed E-state index contributed by atoms with van der Waals surface area (Å²) in [5.41, 5.74) is 1.87. The van der Waals surface area contributed by atoms with Gasteiger partial charge in [-0.2, -0.15) is 0 Å². The normalized spacial score (nSPS) is 10.9. The highest BCUT2D eigenvalue weighted by atomic mass is 35.5. The van der Waals surface area contributed by atoms with Crippen LogP contribution in [0.1, 0.15) is 17.0 Å². The van der Waals surface area contributed by atoms with Crippen molar-refractivity contribution < 1.29 is 9.13 Å². The molecule has 2 aromatic carbocycles. The summed E-state index contributed by atoms with van der Waals surface area (Å²) in [6.45, 7) is 2.25. The monoisotopic (exact) mass is 377 g/mol. The van der Waals surface area contributed by atoms with Gasteiger partial charge in [0.15, 0.2) is 11.0 Å². The summed E-state index contributed by atoms with van der Waals surface area (Å²) in [6.07, 6.45) is 0. The number of aryl methyl sites for hydroxylation is 1. The molecule has 4 nitrogen and oxygen atoms in total. The van der Waals surface area contributed by atoms with Crippen LogP contribution in [0.15, 0.2) is 47.6 Å². The quantitative estimate of drug-likeness (QED) is 0.579. The second-order valence-electron chi connectivity index (χ2n) is 5.57. The van der Waals surface area contributed by atoms with E-state index in [9.17, 15) is 4.39 Å². The highest BCUT2D eigenvalue weighted by Crippen LogP contribution is 2.24. The number of rotatable bonds is 6. The predicted octanol–water partition coefficient (Wildman–Crippen LogP) is 4.79. The molecule has 0 bridgehead atoms. The number of aromatic nitrogens is 3. The molecule has 1 heterocycles. The molecule has 0 unspecified atom stereocenters. The number of benzene rings is 2. The first-order valence-electron chi connectivity index (χ1n) is 7.67. The van der Waals surface area contributed by atoms with Crippen molar-refractivity contribution >= 4 is 23.4 Å². The van der Waals surface area contributed by atoms with Gasteiger partial charge in [0.2, 0.25) is 0 Å². The Morgan fingerprint density at radius 1 is 1.20 bits per heavy atom. The van der Waals surface area contributed by atoms with Gasteiger partial charge in [-0.05, 0) is 48.4 Å². The van der Waals surface area contributed by atoms with Crippen LogP contribution in [0.4, 0.5) is 4.39 Å². The molecule has 7 heteroatoms. The van der Waals surface area contributed by atoms with E-state index in [4.69, 9.17) is 16.3 Å². The minimum absolute atomic E-state index is 0.233. The van der Waals surface area contributed by atoms with Crippen LogP contribution in [-0.2, 0) is 19.4 Å². The van der Waals surface area contributed by atoms with Crippen LogP contribution in [0.2, 0.25) is 5.02 Å². The van der Waals surface area contributed by atoms with Crippen LogP contribution in [-0.4, -0.2) is 14.8 Å². The van der Waals surface area contributed by atoms with E-state index >= 15 is 0 Å². The lowest BCUT2D eigenvalue weighted by Crippen LogP contribution is -2.05. The Morgan fingerprint density at radius 3 is 2.80 bits per heavy atom. The molecule has 0 radical (unpaired) electrons. The topological polar surface area (TPSA) is 39.9 Å². The Balaban J connectivity index is 1.62. The molecule has 0 N–H and O–H groups in total. The number of nitrogens with zero attached hydrogens (tertiary/aromatic N) is 3. The van der Waals surface area contributed by atoms with Gasteiger partial charge in [-0.15, -0.1) is 10.2 Å². The number of ether oxygens (including phenoxy) is 1. The summed E-state index contributed by atoms with van der Waals surface area (Å²) < 4.78 is 20.9. The average molecular weight is 378 g/mol. The predicted molar refractivity (Wildman–Crippen MR) is 97.5 cm³/mol. The largest absolute Gasteiger partial charge is 0.485 e. The van der Waals surface area contributed by atoms with Gasteiger partial charge in [0, 0.05) is 17.8 Å². The number of thioether (sulfide) groups is 1. The molecule has 0 aliphatic heterocycles. The van der Waals surface area contributed by atoms with E-state index in [-0.39, 0.29) is 5.82 Å². The maximum absolute atomic E-state index is 13.2. The summed E-state index contributed by atoms with van der Waals surface area (Å²) in [4.78, 5) is 0. The van der Waals surface area contributed by atoms with Gasteiger partial charge in [0.25, 0.3) is 0 Å². The van der Waals surface area contributed by atoms with E-state index in [0.29, 0.717) is 17.4 Å². The fraction of sp³-hybridized carbons (Fsp3) is 0.222. The lowest BCUT2D eigenvalue weighted by atomic mass is 10.2. The summed E-state index contributed by atoms with van der Waals surface area (Å²) in [6, 6.07) is 12.0. The Hall–Kier alpha value is -2.05. The molecule has 0 atom stereocenters. The zero-order valence-corrected chi connectivity index (χ0v) is 15.4. The van der Waals surface area contributed by atoms with Crippen LogP contribution >= 0.6 is 23.4 Å². The number of hydrogen-bond acceptors (Lipinski definition) is 4. The van der Waals surface area contributed by atoms with E-state index in [1.54, 1.807) is 12.1 Å². The van der Waals surface area contributed by atoms with Gasteiger partial charge in [-0.25, -0.2) is 4.39 Å². The van der Waals surface area contributed by atoms with Gasteiger partial charge < -0.3 is 9.30 Å². The zero-order chi connectivity index (χ0) is 17.8. The van der Waals surface area contributed by atoms with Crippen LogP contribution < -0.4 is 4.74 Å². The van der Waals surface area contributed by atoms with Gasteiger partial charge in [-0.1, -0.05) is 35.5 Å². The molecule has 0 aliphatic carbocycles. The van der Waals surface area contributed by atoms with E-state index in [1.165, 1.54) is 23.9 Å². The molecule has 0 saturated carbocycles. The third-order valence-corrected chi connectivity index (χ3v) is 5.00. The molecule has 0 spiro atoms. The molecule has 0 aliphatic rings. The molecule has 0 amide bonds. The number of halogens is 2. The standard InChI is InChI=1S/C18H17ClFN3OS/c1-12-8-14(19)6-7-16(12)24-10-17-21-22-18(23(17)2)25-11-13-4-3-5-15(20)9-13/h3-9H,10-11H2,1-2H3. The highest BCUT2D eigenvalue weighted by Gasteiger charge is 2.11. The smallest absolute Gasteiger partial charge is 0.191 e. The van der Waals surface area contributed by atoms with E-state index in [1.807, 2.05) is 36.7 Å². The maximum atomic E-state index is 13.2. The SMILES string of the molecule is Cc1cc(Cl)ccc1OCc1nnc(SCc2cccc(F)c2)n1C. The van der Waals surface area contributed by atoms with Crippen molar-refractivity contribution in [3.05, 3.63) is 70.3 Å². The van der Waals surface area contributed by atoms with E-state index in [2.05, 4.69) is 10.2 Å². The molecular formula is C18H17ClFN3OS. The number of hydrogen-bond donors (Lipinski definition) is 0. The summed E-state index contributed by atoms with van der Waals surface area (Å²) in [7, 11) is 1.89. The van der Waals surface area contributed by atoms with E-state index < -0.39 is 0 Å². The average Bonchev–Trinajstić information content (AvgIpc) is 2.92. The van der Waals surface area contributed by atoms with Crippen LogP contribution in [0.5, 0.6) is 5.75 Å². The van der Waals surface area contributed by atoms with Crippen molar-refractivity contribution in [2.24, 2.45) is 7.05 Å².